The van der Waals surface area contributed by atoms with Crippen molar-refractivity contribution in [2.75, 3.05) is 26.6 Å². The molecule has 31 heavy (non-hydrogen) atoms. The first-order chi connectivity index (χ1) is 14.5. The third-order valence-corrected chi connectivity index (χ3v) is 5.76. The Kier molecular flexibility index (Phi) is 7.70. The van der Waals surface area contributed by atoms with Gasteiger partial charge in [0.25, 0.3) is 0 Å². The number of sulfonamides is 1. The molecule has 0 heterocycles. The van der Waals surface area contributed by atoms with Crippen LogP contribution in [0.1, 0.15) is 26.3 Å². The van der Waals surface area contributed by atoms with E-state index in [9.17, 15) is 13.2 Å². The third kappa shape index (κ3) is 6.73. The van der Waals surface area contributed by atoms with Crippen LogP contribution < -0.4 is 24.2 Å². The van der Waals surface area contributed by atoms with Gasteiger partial charge in [-0.3, -0.25) is 4.79 Å². The maximum absolute atomic E-state index is 12.4. The van der Waals surface area contributed by atoms with Gasteiger partial charge in [-0.15, -0.1) is 0 Å². The number of ether oxygens (including phenoxy) is 3. The Morgan fingerprint density at radius 2 is 1.48 bits per heavy atom. The Labute approximate surface area is 183 Å². The van der Waals surface area contributed by atoms with E-state index in [0.29, 0.717) is 28.5 Å². The highest BCUT2D eigenvalue weighted by molar-refractivity contribution is 7.89. The van der Waals surface area contributed by atoms with Crippen molar-refractivity contribution in [1.29, 1.82) is 0 Å². The van der Waals surface area contributed by atoms with Crippen molar-refractivity contribution in [2.24, 2.45) is 0 Å². The van der Waals surface area contributed by atoms with Gasteiger partial charge in [0.1, 0.15) is 0 Å². The normalized spacial score (nSPS) is 11.9. The van der Waals surface area contributed by atoms with E-state index < -0.39 is 15.6 Å². The summed E-state index contributed by atoms with van der Waals surface area (Å²) in [6, 6.07) is 9.37. The lowest BCUT2D eigenvalue weighted by Crippen LogP contribution is -2.40. The van der Waals surface area contributed by atoms with Crippen LogP contribution in [0.3, 0.4) is 0 Å². The molecule has 2 aromatic carbocycles. The van der Waals surface area contributed by atoms with Crippen LogP contribution in [0.15, 0.2) is 47.4 Å². The van der Waals surface area contributed by atoms with Gasteiger partial charge in [-0.05, 0) is 68.8 Å². The molecule has 0 aliphatic carbocycles. The number of hydrogen-bond donors (Lipinski definition) is 2. The first-order valence-corrected chi connectivity index (χ1v) is 10.9. The molecule has 0 aromatic heterocycles. The van der Waals surface area contributed by atoms with E-state index in [4.69, 9.17) is 14.2 Å². The first-order valence-electron chi connectivity index (χ1n) is 9.42. The monoisotopic (exact) mass is 448 g/mol. The highest BCUT2D eigenvalue weighted by Gasteiger charge is 2.21. The fourth-order valence-corrected chi connectivity index (χ4v) is 4.15. The van der Waals surface area contributed by atoms with Crippen molar-refractivity contribution < 1.29 is 27.4 Å². The number of methoxy groups -OCH3 is 3. The van der Waals surface area contributed by atoms with Crippen molar-refractivity contribution in [3.8, 4) is 17.2 Å². The van der Waals surface area contributed by atoms with Crippen LogP contribution in [0, 0.1) is 0 Å². The van der Waals surface area contributed by atoms with Crippen LogP contribution in [-0.2, 0) is 14.8 Å². The van der Waals surface area contributed by atoms with Gasteiger partial charge in [0.2, 0.25) is 21.7 Å². The maximum Gasteiger partial charge on any atom is 0.248 e. The SMILES string of the molecule is COc1cc(/C=C/C(=O)Nc2ccc(S(=O)(=O)NC(C)(C)C)cc2)cc(OC)c1OC. The topological polar surface area (TPSA) is 103 Å². The van der Waals surface area contributed by atoms with Gasteiger partial charge >= 0.3 is 0 Å². The zero-order chi connectivity index (χ0) is 23.2. The lowest BCUT2D eigenvalue weighted by atomic mass is 10.1. The fourth-order valence-electron chi connectivity index (χ4n) is 2.73. The van der Waals surface area contributed by atoms with Crippen molar-refractivity contribution in [3.05, 3.63) is 48.0 Å². The molecular formula is C22H28N2O6S. The molecule has 168 valence electrons. The molecule has 0 saturated carbocycles. The van der Waals surface area contributed by atoms with E-state index in [-0.39, 0.29) is 10.8 Å². The van der Waals surface area contributed by atoms with E-state index in [1.54, 1.807) is 39.0 Å². The van der Waals surface area contributed by atoms with E-state index in [1.807, 2.05) is 0 Å². The fraction of sp³-hybridized carbons (Fsp3) is 0.318. The quantitative estimate of drug-likeness (QED) is 0.600. The van der Waals surface area contributed by atoms with Gasteiger partial charge in [-0.25, -0.2) is 13.1 Å². The molecular weight excluding hydrogens is 420 g/mol. The van der Waals surface area contributed by atoms with Gasteiger partial charge in [-0.1, -0.05) is 0 Å². The minimum atomic E-state index is -3.64. The molecule has 0 spiro atoms. The van der Waals surface area contributed by atoms with Crippen molar-refractivity contribution >= 4 is 27.7 Å². The second-order valence-electron chi connectivity index (χ2n) is 7.66. The van der Waals surface area contributed by atoms with Crippen LogP contribution in [0.5, 0.6) is 17.2 Å². The average Bonchev–Trinajstić information content (AvgIpc) is 2.70. The second kappa shape index (κ2) is 9.84. The molecule has 2 aromatic rings. The van der Waals surface area contributed by atoms with Crippen molar-refractivity contribution in [3.63, 3.8) is 0 Å². The summed E-state index contributed by atoms with van der Waals surface area (Å²) in [4.78, 5) is 12.4. The summed E-state index contributed by atoms with van der Waals surface area (Å²) in [5.41, 5.74) is 0.553. The second-order valence-corrected chi connectivity index (χ2v) is 9.34. The summed E-state index contributed by atoms with van der Waals surface area (Å²) in [5.74, 6) is 1.03. The van der Waals surface area contributed by atoms with Crippen LogP contribution >= 0.6 is 0 Å². The number of rotatable bonds is 8. The summed E-state index contributed by atoms with van der Waals surface area (Å²) in [5, 5.41) is 2.69. The van der Waals surface area contributed by atoms with E-state index in [0.717, 1.165) is 0 Å². The predicted octanol–water partition coefficient (Wildman–Crippen LogP) is 3.44. The van der Waals surface area contributed by atoms with Crippen LogP contribution in [0.2, 0.25) is 0 Å². The van der Waals surface area contributed by atoms with Crippen LogP contribution in [0.25, 0.3) is 6.08 Å². The van der Waals surface area contributed by atoms with Gasteiger partial charge < -0.3 is 19.5 Å². The summed E-state index contributed by atoms with van der Waals surface area (Å²) >= 11 is 0. The first kappa shape index (κ1) is 24.2. The predicted molar refractivity (Wildman–Crippen MR) is 120 cm³/mol. The summed E-state index contributed by atoms with van der Waals surface area (Å²) in [6.07, 6.45) is 2.96. The zero-order valence-electron chi connectivity index (χ0n) is 18.5. The summed E-state index contributed by atoms with van der Waals surface area (Å²) in [7, 11) is 0.898. The van der Waals surface area contributed by atoms with Crippen molar-refractivity contribution in [1.82, 2.24) is 4.72 Å². The molecule has 2 rings (SSSR count). The molecule has 0 bridgehead atoms. The largest absolute Gasteiger partial charge is 0.493 e. The highest BCUT2D eigenvalue weighted by atomic mass is 32.2. The molecule has 0 fully saturated rings. The molecule has 2 N–H and O–H groups in total. The maximum atomic E-state index is 12.4. The van der Waals surface area contributed by atoms with Crippen LogP contribution in [0.4, 0.5) is 5.69 Å². The minimum absolute atomic E-state index is 0.119. The van der Waals surface area contributed by atoms with E-state index in [1.165, 1.54) is 51.7 Å². The molecule has 0 aliphatic rings. The number of amides is 1. The molecule has 0 saturated heterocycles. The Hall–Kier alpha value is -3.04. The number of carbonyl (C=O) groups is 1. The Morgan fingerprint density at radius 3 is 1.94 bits per heavy atom. The molecule has 0 radical (unpaired) electrons. The lowest BCUT2D eigenvalue weighted by molar-refractivity contribution is -0.111. The Balaban J connectivity index is 2.12. The van der Waals surface area contributed by atoms with Gasteiger partial charge in [0.15, 0.2) is 11.5 Å². The molecule has 0 atom stereocenters. The molecule has 0 aliphatic heterocycles. The van der Waals surface area contributed by atoms with Gasteiger partial charge in [0.05, 0.1) is 26.2 Å². The zero-order valence-corrected chi connectivity index (χ0v) is 19.3. The standard InChI is InChI=1S/C22H28N2O6S/c1-22(2,3)24-31(26,27)17-10-8-16(9-11-17)23-20(25)12-7-15-13-18(28-4)21(30-6)19(14-15)29-5/h7-14,24H,1-6H3,(H,23,25)/b12-7+. The van der Waals surface area contributed by atoms with Crippen molar-refractivity contribution in [2.45, 2.75) is 31.2 Å². The van der Waals surface area contributed by atoms with Gasteiger partial charge in [-0.2, -0.15) is 0 Å². The highest BCUT2D eigenvalue weighted by Crippen LogP contribution is 2.38. The summed E-state index contributed by atoms with van der Waals surface area (Å²) < 4.78 is 43.2. The minimum Gasteiger partial charge on any atom is -0.493 e. The number of hydrogen-bond acceptors (Lipinski definition) is 6. The molecule has 1 amide bonds. The Bertz CT molecular complexity index is 1030. The molecule has 8 nitrogen and oxygen atoms in total. The number of carbonyl (C=O) groups excluding carboxylic acids is 1. The number of benzene rings is 2. The lowest BCUT2D eigenvalue weighted by Gasteiger charge is -2.20. The Morgan fingerprint density at radius 1 is 0.935 bits per heavy atom. The molecule has 9 heteroatoms. The molecule has 0 unspecified atom stereocenters. The van der Waals surface area contributed by atoms with Crippen LogP contribution in [-0.4, -0.2) is 41.2 Å². The van der Waals surface area contributed by atoms with E-state index in [2.05, 4.69) is 10.0 Å². The average molecular weight is 449 g/mol. The summed E-state index contributed by atoms with van der Waals surface area (Å²) in [6.45, 7) is 5.29. The number of anilines is 1. The third-order valence-electron chi connectivity index (χ3n) is 3.99. The van der Waals surface area contributed by atoms with E-state index >= 15 is 0 Å². The number of nitrogens with one attached hydrogen (secondary N) is 2. The van der Waals surface area contributed by atoms with Gasteiger partial charge in [0, 0.05) is 17.3 Å². The smallest absolute Gasteiger partial charge is 0.248 e.